The lowest BCUT2D eigenvalue weighted by Crippen LogP contribution is -2.21. The minimum Gasteiger partial charge on any atom is -0.384 e. The molecule has 6 heterocycles. The summed E-state index contributed by atoms with van der Waals surface area (Å²) in [6.45, 7) is 0. The maximum Gasteiger partial charge on any atom is 0.252 e. The molecule has 20 heteroatoms. The molecule has 0 bridgehead atoms. The molecule has 6 aromatic heterocycles. The highest BCUT2D eigenvalue weighted by atomic mass is 19.1. The Morgan fingerprint density at radius 3 is 1.60 bits per heavy atom. The quantitative estimate of drug-likeness (QED) is 0.0671. The number of nitrogen functional groups attached to an aromatic ring is 2. The van der Waals surface area contributed by atoms with Gasteiger partial charge in [-0.15, -0.1) is 5.10 Å². The summed E-state index contributed by atoms with van der Waals surface area (Å²) < 4.78 is 45.0. The van der Waals surface area contributed by atoms with Crippen molar-refractivity contribution in [2.24, 2.45) is 11.8 Å². The lowest BCUT2D eigenvalue weighted by molar-refractivity contribution is -0.119. The van der Waals surface area contributed by atoms with Gasteiger partial charge in [-0.05, 0) is 153 Å². The third-order valence-corrected chi connectivity index (χ3v) is 15.8. The number of carbonyl (C=O) groups is 2. The van der Waals surface area contributed by atoms with Crippen molar-refractivity contribution >= 4 is 96.9 Å². The number of benzene rings is 3. The lowest BCUT2D eigenvalue weighted by Gasteiger charge is -2.12. The fourth-order valence-corrected chi connectivity index (χ4v) is 11.8. The number of nitrogens with two attached hydrogens (primary N) is 2. The Balaban J connectivity index is 0.000000117. The Bertz CT molecular complexity index is 3740. The lowest BCUT2D eigenvalue weighted by atomic mass is 10.1. The van der Waals surface area contributed by atoms with E-state index in [0.717, 1.165) is 126 Å². The second-order valence-corrected chi connectivity index (χ2v) is 20.7. The number of amides is 1. The summed E-state index contributed by atoms with van der Waals surface area (Å²) in [5, 5.41) is 31.2. The molecule has 2 fully saturated rings. The summed E-state index contributed by atoms with van der Waals surface area (Å²) in [4.78, 5) is 38.2. The van der Waals surface area contributed by atoms with Gasteiger partial charge in [-0.3, -0.25) is 19.8 Å². The van der Waals surface area contributed by atoms with E-state index in [9.17, 15) is 22.8 Å². The summed E-state index contributed by atoms with van der Waals surface area (Å²) in [6.07, 6.45) is 17.2. The van der Waals surface area contributed by atoms with Gasteiger partial charge in [0.05, 0.1) is 16.2 Å². The van der Waals surface area contributed by atoms with E-state index in [-0.39, 0.29) is 46.9 Å². The van der Waals surface area contributed by atoms with Gasteiger partial charge in [-0.25, -0.2) is 28.1 Å². The van der Waals surface area contributed by atoms with Gasteiger partial charge in [-0.2, -0.15) is 14.9 Å². The summed E-state index contributed by atoms with van der Waals surface area (Å²) in [5.41, 5.74) is 23.1. The number of nitrogens with one attached hydrogen (secondary N) is 6. The molecule has 3 aromatic carbocycles. The van der Waals surface area contributed by atoms with E-state index in [4.69, 9.17) is 11.5 Å². The van der Waals surface area contributed by atoms with E-state index in [1.807, 2.05) is 36.4 Å². The number of anilines is 9. The Morgan fingerprint density at radius 1 is 0.545 bits per heavy atom. The molecule has 17 nitrogen and oxygen atoms in total. The molecule has 5 aliphatic carbocycles. The molecule has 0 saturated heterocycles. The molecule has 1 amide bonds. The number of rotatable bonds is 9. The van der Waals surface area contributed by atoms with Crippen molar-refractivity contribution in [3.8, 4) is 0 Å². The third kappa shape index (κ3) is 9.83. The van der Waals surface area contributed by atoms with Gasteiger partial charge >= 0.3 is 0 Å². The van der Waals surface area contributed by atoms with Gasteiger partial charge in [-0.1, -0.05) is 62.1 Å². The first-order valence-electron chi connectivity index (χ1n) is 26.7. The first-order valence-corrected chi connectivity index (χ1v) is 26.7. The number of hydrogen-bond donors (Lipinski definition) is 8. The van der Waals surface area contributed by atoms with Crippen LogP contribution in [0.2, 0.25) is 0 Å². The number of pyridine rings is 3. The molecule has 0 unspecified atom stereocenters. The maximum atomic E-state index is 14.8. The Morgan fingerprint density at radius 2 is 1.04 bits per heavy atom. The minimum absolute atomic E-state index is 0.0191. The van der Waals surface area contributed by atoms with Crippen LogP contribution in [0.5, 0.6) is 0 Å². The van der Waals surface area contributed by atoms with Crippen LogP contribution in [-0.2, 0) is 43.3 Å². The highest BCUT2D eigenvalue weighted by Gasteiger charge is 2.29. The molecule has 0 spiro atoms. The minimum atomic E-state index is -0.511. The van der Waals surface area contributed by atoms with Crippen LogP contribution >= 0.6 is 0 Å². The number of aromatic nitrogens is 9. The third-order valence-electron chi connectivity index (χ3n) is 15.8. The van der Waals surface area contributed by atoms with Gasteiger partial charge < -0.3 is 32.7 Å². The van der Waals surface area contributed by atoms with Crippen LogP contribution < -0.4 is 32.7 Å². The highest BCUT2D eigenvalue weighted by Crippen LogP contribution is 2.37. The number of fused-ring (bicyclic) bond motifs is 6. The Labute approximate surface area is 440 Å². The van der Waals surface area contributed by atoms with E-state index < -0.39 is 17.5 Å². The molecule has 2 saturated carbocycles. The number of carbonyl (C=O) groups excluding carboxylic acids is 2. The van der Waals surface area contributed by atoms with Gasteiger partial charge in [0.15, 0.2) is 63.5 Å². The zero-order valence-electron chi connectivity index (χ0n) is 42.3. The summed E-state index contributed by atoms with van der Waals surface area (Å²) in [6, 6.07) is 22.2. The largest absolute Gasteiger partial charge is 0.384 e. The van der Waals surface area contributed by atoms with Crippen molar-refractivity contribution in [1.29, 1.82) is 0 Å². The maximum absolute atomic E-state index is 14.8. The molecule has 77 heavy (non-hydrogen) atoms. The van der Waals surface area contributed by atoms with Gasteiger partial charge in [0.1, 0.15) is 5.82 Å². The smallest absolute Gasteiger partial charge is 0.252 e. The summed E-state index contributed by atoms with van der Waals surface area (Å²) in [5.74, 6) is -0.414. The van der Waals surface area contributed by atoms with Crippen LogP contribution in [0.3, 0.4) is 0 Å². The molecule has 14 rings (SSSR count). The molecular formula is C57H58F3N15O2. The van der Waals surface area contributed by atoms with E-state index in [1.165, 1.54) is 56.3 Å². The first kappa shape index (κ1) is 49.3. The number of H-pyrrole nitrogens is 2. The van der Waals surface area contributed by atoms with Crippen LogP contribution in [0.25, 0.3) is 33.1 Å². The fraction of sp³-hybridized carbons (Fsp3) is 0.333. The molecule has 0 radical (unpaired) electrons. The SMILES string of the molecule is Nc1[nH]nc2nc(Nc3cccc4c3CCC4)c(F)cc12.Nc1nn(C(=O)C2CCCC2)c2nc(Nc3cccc4c3CCC4)c(F)cc12.O=C(Nc1n[nH]c2nc(Nc3cccc4c3CCC4)c(F)cc12)C1CCCC1. The van der Waals surface area contributed by atoms with Crippen LogP contribution in [0.1, 0.15) is 109 Å². The van der Waals surface area contributed by atoms with Crippen molar-refractivity contribution in [3.63, 3.8) is 0 Å². The van der Waals surface area contributed by atoms with Gasteiger partial charge in [0.2, 0.25) is 5.91 Å². The number of aryl methyl sites for hydroxylation is 3. The number of nitrogens with zero attached hydrogens (tertiary/aromatic N) is 7. The predicted molar refractivity (Wildman–Crippen MR) is 292 cm³/mol. The van der Waals surface area contributed by atoms with Crippen LogP contribution in [-0.4, -0.2) is 56.9 Å². The predicted octanol–water partition coefficient (Wildman–Crippen LogP) is 11.6. The molecule has 5 aliphatic rings. The second kappa shape index (κ2) is 20.9. The number of hydrogen-bond acceptors (Lipinski definition) is 13. The van der Waals surface area contributed by atoms with E-state index in [2.05, 4.69) is 79.9 Å². The van der Waals surface area contributed by atoms with Gasteiger partial charge in [0, 0.05) is 28.9 Å². The Hall–Kier alpha value is -8.55. The first-order chi connectivity index (χ1) is 37.5. The van der Waals surface area contributed by atoms with Gasteiger partial charge in [0.25, 0.3) is 5.91 Å². The van der Waals surface area contributed by atoms with Crippen molar-refractivity contribution < 1.29 is 22.8 Å². The average Bonchev–Trinajstić information content (AvgIpc) is 4.32. The summed E-state index contributed by atoms with van der Waals surface area (Å²) in [7, 11) is 0. The van der Waals surface area contributed by atoms with Crippen molar-refractivity contribution in [2.75, 3.05) is 32.7 Å². The molecule has 9 aromatic rings. The standard InChI is InChI=1S/2C21H22FN5O.C15H14FN5/c22-16-11-15-18(23)26-27(21(28)13-5-1-2-6-13)20(15)25-19(16)24-17-10-4-8-12-7-3-9-14(12)17;22-16-11-15-18(26-27-19(15)25-21(28)13-5-1-2-6-13)24-20(16)23-17-10-4-8-12-7-3-9-14(12)17;16-11-7-10-13(17)20-21-14(10)19-15(11)18-12-6-2-4-8-3-1-5-9(8)12/h4,8,10-11,13H,1-3,5-7,9H2,(H2,23,26)(H,24,25);4,8,10-11,13H,1-3,5-7,9H2,(H3,23,24,25,26,27,28);2,4,6-7H,1,3,5H2,(H4,17,18,19,20,21). The van der Waals surface area contributed by atoms with E-state index in [1.54, 1.807) is 0 Å². The van der Waals surface area contributed by atoms with Crippen LogP contribution in [0.15, 0.2) is 72.8 Å². The number of aromatic amines is 2. The molecule has 394 valence electrons. The van der Waals surface area contributed by atoms with Crippen molar-refractivity contribution in [1.82, 2.24) is 45.1 Å². The Kier molecular flexibility index (Phi) is 13.4. The number of halogens is 3. The second-order valence-electron chi connectivity index (χ2n) is 20.7. The zero-order valence-corrected chi connectivity index (χ0v) is 42.3. The monoisotopic (exact) mass is 1040 g/mol. The van der Waals surface area contributed by atoms with Crippen LogP contribution in [0.4, 0.5) is 65.1 Å². The van der Waals surface area contributed by atoms with E-state index in [0.29, 0.717) is 44.7 Å². The van der Waals surface area contributed by atoms with Crippen molar-refractivity contribution in [3.05, 3.63) is 124 Å². The van der Waals surface area contributed by atoms with Crippen molar-refractivity contribution in [2.45, 2.75) is 109 Å². The van der Waals surface area contributed by atoms with E-state index >= 15 is 0 Å². The fourth-order valence-electron chi connectivity index (χ4n) is 11.8. The topological polar surface area (TPSA) is 248 Å². The summed E-state index contributed by atoms with van der Waals surface area (Å²) >= 11 is 0. The molecular weight excluding hydrogens is 984 g/mol. The highest BCUT2D eigenvalue weighted by molar-refractivity contribution is 6.00. The molecule has 0 aliphatic heterocycles. The zero-order chi connectivity index (χ0) is 52.7. The normalized spacial score (nSPS) is 15.7. The van der Waals surface area contributed by atoms with Crippen LogP contribution in [0, 0.1) is 29.3 Å². The molecule has 10 N–H and O–H groups in total. The molecule has 0 atom stereocenters. The average molecular weight is 1040 g/mol.